The third-order valence-electron chi connectivity index (χ3n) is 1.92. The van der Waals surface area contributed by atoms with Gasteiger partial charge in [-0.2, -0.15) is 0 Å². The molecule has 0 bridgehead atoms. The van der Waals surface area contributed by atoms with E-state index < -0.39 is 0 Å². The number of nitrogens with zero attached hydrogens (tertiary/aromatic N) is 1. The molecule has 0 aliphatic rings. The summed E-state index contributed by atoms with van der Waals surface area (Å²) in [5, 5.41) is 2.80. The molecule has 5 nitrogen and oxygen atoms in total. The summed E-state index contributed by atoms with van der Waals surface area (Å²) in [5.41, 5.74) is 5.05. The van der Waals surface area contributed by atoms with E-state index in [1.165, 1.54) is 4.90 Å². The molecular formula is C11H23N3O2. The summed E-state index contributed by atoms with van der Waals surface area (Å²) in [6.45, 7) is 6.30. The molecule has 5 heteroatoms. The van der Waals surface area contributed by atoms with Gasteiger partial charge >= 0.3 is 0 Å². The molecule has 0 radical (unpaired) electrons. The van der Waals surface area contributed by atoms with Crippen molar-refractivity contribution in [1.82, 2.24) is 10.2 Å². The van der Waals surface area contributed by atoms with Gasteiger partial charge in [-0.15, -0.1) is 0 Å². The predicted molar refractivity (Wildman–Crippen MR) is 63.8 cm³/mol. The van der Waals surface area contributed by atoms with Crippen LogP contribution in [0.2, 0.25) is 0 Å². The lowest BCUT2D eigenvalue weighted by Crippen LogP contribution is -2.46. The molecule has 0 fully saturated rings. The van der Waals surface area contributed by atoms with E-state index in [0.29, 0.717) is 19.4 Å². The fraction of sp³-hybridized carbons (Fsp3) is 0.818. The zero-order chi connectivity index (χ0) is 12.8. The second kappa shape index (κ2) is 6.48. The van der Waals surface area contributed by atoms with Crippen molar-refractivity contribution in [1.29, 1.82) is 0 Å². The van der Waals surface area contributed by atoms with E-state index in [0.717, 1.165) is 0 Å². The molecule has 0 aromatic rings. The van der Waals surface area contributed by atoms with E-state index in [-0.39, 0.29) is 23.9 Å². The first-order valence-corrected chi connectivity index (χ1v) is 5.51. The van der Waals surface area contributed by atoms with Gasteiger partial charge in [0.05, 0.1) is 6.54 Å². The van der Waals surface area contributed by atoms with Crippen molar-refractivity contribution in [2.45, 2.75) is 39.2 Å². The second-order valence-electron chi connectivity index (χ2n) is 4.94. The fourth-order valence-corrected chi connectivity index (χ4v) is 1.21. The van der Waals surface area contributed by atoms with Crippen molar-refractivity contribution >= 4 is 11.8 Å². The number of nitrogens with two attached hydrogens (primary N) is 1. The molecule has 0 spiro atoms. The molecule has 16 heavy (non-hydrogen) atoms. The summed E-state index contributed by atoms with van der Waals surface area (Å²) < 4.78 is 0. The van der Waals surface area contributed by atoms with Gasteiger partial charge in [0.25, 0.3) is 0 Å². The van der Waals surface area contributed by atoms with Crippen LogP contribution in [0, 0.1) is 0 Å². The lowest BCUT2D eigenvalue weighted by Gasteiger charge is -2.23. The quantitative estimate of drug-likeness (QED) is 0.702. The summed E-state index contributed by atoms with van der Waals surface area (Å²) in [6, 6.07) is 0. The summed E-state index contributed by atoms with van der Waals surface area (Å²) in [5.74, 6) is -0.189. The van der Waals surface area contributed by atoms with Crippen LogP contribution in [0.1, 0.15) is 33.6 Å². The van der Waals surface area contributed by atoms with Crippen LogP contribution in [-0.2, 0) is 9.59 Å². The van der Waals surface area contributed by atoms with Gasteiger partial charge in [0.2, 0.25) is 11.8 Å². The van der Waals surface area contributed by atoms with Crippen molar-refractivity contribution in [2.75, 3.05) is 20.1 Å². The van der Waals surface area contributed by atoms with Crippen molar-refractivity contribution in [2.24, 2.45) is 5.73 Å². The first-order chi connectivity index (χ1) is 7.26. The molecule has 0 unspecified atom stereocenters. The Balaban J connectivity index is 3.99. The number of hydrogen-bond acceptors (Lipinski definition) is 3. The Morgan fingerprint density at radius 2 is 1.88 bits per heavy atom. The second-order valence-corrected chi connectivity index (χ2v) is 4.94. The fourth-order valence-electron chi connectivity index (χ4n) is 1.21. The lowest BCUT2D eigenvalue weighted by atomic mass is 10.1. The highest BCUT2D eigenvalue weighted by atomic mass is 16.2. The average molecular weight is 229 g/mol. The van der Waals surface area contributed by atoms with Crippen molar-refractivity contribution in [3.05, 3.63) is 0 Å². The van der Waals surface area contributed by atoms with Crippen molar-refractivity contribution < 1.29 is 9.59 Å². The van der Waals surface area contributed by atoms with Crippen LogP contribution in [-0.4, -0.2) is 42.4 Å². The molecule has 0 heterocycles. The van der Waals surface area contributed by atoms with E-state index >= 15 is 0 Å². The SMILES string of the molecule is CN(CC(=O)NC(C)(C)C)C(=O)CCCN. The largest absolute Gasteiger partial charge is 0.350 e. The topological polar surface area (TPSA) is 75.4 Å². The Kier molecular flexibility index (Phi) is 6.03. The number of rotatable bonds is 5. The van der Waals surface area contributed by atoms with E-state index in [1.807, 2.05) is 20.8 Å². The summed E-state index contributed by atoms with van der Waals surface area (Å²) in [7, 11) is 1.63. The van der Waals surface area contributed by atoms with Gasteiger partial charge in [-0.3, -0.25) is 9.59 Å². The maximum Gasteiger partial charge on any atom is 0.240 e. The highest BCUT2D eigenvalue weighted by Crippen LogP contribution is 1.99. The number of carbonyl (C=O) groups is 2. The summed E-state index contributed by atoms with van der Waals surface area (Å²) in [6.07, 6.45) is 1.06. The molecule has 3 N–H and O–H groups in total. The minimum Gasteiger partial charge on any atom is -0.350 e. The van der Waals surface area contributed by atoms with Gasteiger partial charge < -0.3 is 16.0 Å². The van der Waals surface area contributed by atoms with Crippen LogP contribution >= 0.6 is 0 Å². The number of nitrogens with one attached hydrogen (secondary N) is 1. The Bertz CT molecular complexity index is 246. The third-order valence-corrected chi connectivity index (χ3v) is 1.92. The Hall–Kier alpha value is -1.10. The van der Waals surface area contributed by atoms with Gasteiger partial charge in [-0.05, 0) is 33.7 Å². The molecule has 0 atom stereocenters. The standard InChI is InChI=1S/C11H23N3O2/c1-11(2,3)13-9(15)8-14(4)10(16)6-5-7-12/h5-8,12H2,1-4H3,(H,13,15). The molecule has 0 aromatic heterocycles. The number of amides is 2. The Morgan fingerprint density at radius 3 is 2.31 bits per heavy atom. The van der Waals surface area contributed by atoms with E-state index in [2.05, 4.69) is 5.32 Å². The minimum atomic E-state index is -0.266. The van der Waals surface area contributed by atoms with Crippen LogP contribution in [0.3, 0.4) is 0 Å². The van der Waals surface area contributed by atoms with Crippen LogP contribution in [0.25, 0.3) is 0 Å². The van der Waals surface area contributed by atoms with E-state index in [9.17, 15) is 9.59 Å². The van der Waals surface area contributed by atoms with Gasteiger partial charge in [0.1, 0.15) is 0 Å². The molecule has 0 aliphatic carbocycles. The molecule has 0 aromatic carbocycles. The predicted octanol–water partition coefficient (Wildman–Crippen LogP) is 0.0984. The monoisotopic (exact) mass is 229 g/mol. The van der Waals surface area contributed by atoms with Gasteiger partial charge in [0, 0.05) is 19.0 Å². The molecule has 2 amide bonds. The first kappa shape index (κ1) is 14.9. The minimum absolute atomic E-state index is 0.0468. The van der Waals surface area contributed by atoms with Crippen LogP contribution < -0.4 is 11.1 Å². The maximum absolute atomic E-state index is 11.5. The number of hydrogen-bond donors (Lipinski definition) is 2. The van der Waals surface area contributed by atoms with E-state index in [1.54, 1.807) is 7.05 Å². The zero-order valence-electron chi connectivity index (χ0n) is 10.7. The molecule has 94 valence electrons. The highest BCUT2D eigenvalue weighted by molar-refractivity contribution is 5.84. The molecule has 0 saturated carbocycles. The maximum atomic E-state index is 11.5. The van der Waals surface area contributed by atoms with Crippen molar-refractivity contribution in [3.63, 3.8) is 0 Å². The lowest BCUT2D eigenvalue weighted by molar-refractivity contribution is -0.135. The Labute approximate surface area is 97.4 Å². The number of likely N-dealkylation sites (N-methyl/N-ethyl adjacent to an activating group) is 1. The summed E-state index contributed by atoms with van der Waals surface area (Å²) in [4.78, 5) is 24.4. The highest BCUT2D eigenvalue weighted by Gasteiger charge is 2.17. The number of carbonyl (C=O) groups excluding carboxylic acids is 2. The van der Waals surface area contributed by atoms with Crippen LogP contribution in [0.5, 0.6) is 0 Å². The normalized spacial score (nSPS) is 11.1. The van der Waals surface area contributed by atoms with E-state index in [4.69, 9.17) is 5.73 Å². The van der Waals surface area contributed by atoms with Crippen LogP contribution in [0.4, 0.5) is 0 Å². The van der Waals surface area contributed by atoms with Gasteiger partial charge in [-0.1, -0.05) is 0 Å². The average Bonchev–Trinajstić information content (AvgIpc) is 2.10. The summed E-state index contributed by atoms with van der Waals surface area (Å²) >= 11 is 0. The first-order valence-electron chi connectivity index (χ1n) is 5.51. The van der Waals surface area contributed by atoms with Gasteiger partial charge in [-0.25, -0.2) is 0 Å². The van der Waals surface area contributed by atoms with Gasteiger partial charge in [0.15, 0.2) is 0 Å². The molecule has 0 rings (SSSR count). The molecule has 0 saturated heterocycles. The third kappa shape index (κ3) is 7.23. The molecule has 0 aliphatic heterocycles. The smallest absolute Gasteiger partial charge is 0.240 e. The van der Waals surface area contributed by atoms with Crippen LogP contribution in [0.15, 0.2) is 0 Å². The Morgan fingerprint density at radius 1 is 1.31 bits per heavy atom. The zero-order valence-corrected chi connectivity index (χ0v) is 10.7. The van der Waals surface area contributed by atoms with Crippen molar-refractivity contribution in [3.8, 4) is 0 Å². The molecular weight excluding hydrogens is 206 g/mol.